The first-order valence-electron chi connectivity index (χ1n) is 11.1. The summed E-state index contributed by atoms with van der Waals surface area (Å²) >= 11 is 18.4. The molecule has 2 aromatic carbocycles. The van der Waals surface area contributed by atoms with Gasteiger partial charge in [0.15, 0.2) is 5.65 Å². The largest absolute Gasteiger partial charge is 0.367 e. The number of piperidine rings is 1. The fourth-order valence-corrected chi connectivity index (χ4v) is 6.31. The second-order valence-electron chi connectivity index (χ2n) is 8.47. The Kier molecular flexibility index (Phi) is 6.67. The number of fused-ring (bicyclic) bond motifs is 1. The second-order valence-corrected chi connectivity index (χ2v) is 11.6. The van der Waals surface area contributed by atoms with Crippen LogP contribution >= 0.6 is 34.8 Å². The monoisotopic (exact) mass is 549 g/mol. The van der Waals surface area contributed by atoms with Gasteiger partial charge in [-0.25, -0.2) is 13.4 Å². The molecule has 35 heavy (non-hydrogen) atoms. The summed E-state index contributed by atoms with van der Waals surface area (Å²) < 4.78 is 29.4. The minimum Gasteiger partial charge on any atom is -0.367 e. The van der Waals surface area contributed by atoms with Crippen LogP contribution in [0.5, 0.6) is 0 Å². The molecule has 0 spiro atoms. The zero-order valence-electron chi connectivity index (χ0n) is 18.7. The molecular weight excluding hydrogens is 529 g/mol. The van der Waals surface area contributed by atoms with Gasteiger partial charge in [-0.2, -0.15) is 13.9 Å². The first-order chi connectivity index (χ1) is 16.7. The van der Waals surface area contributed by atoms with Gasteiger partial charge in [0.2, 0.25) is 10.0 Å². The first-order valence-corrected chi connectivity index (χ1v) is 13.6. The molecule has 4 aromatic rings. The molecule has 1 fully saturated rings. The standard InChI is InChI=1S/C24H22Cl3N5O2S/c1-15-14-28-32-23(13-22(30-24(15)32)18-4-2-3-5-19(18)25)29-16-8-10-31(11-9-16)35(33,34)17-6-7-20(26)21(27)12-17/h2-7,12-14,16,29H,8-11H2,1H3. The van der Waals surface area contributed by atoms with Crippen molar-refractivity contribution in [3.8, 4) is 11.3 Å². The van der Waals surface area contributed by atoms with Gasteiger partial charge in [-0.3, -0.25) is 0 Å². The molecular formula is C24H22Cl3N5O2S. The van der Waals surface area contributed by atoms with Gasteiger partial charge < -0.3 is 5.32 Å². The van der Waals surface area contributed by atoms with Gasteiger partial charge in [0.1, 0.15) is 5.82 Å². The van der Waals surface area contributed by atoms with Crippen molar-refractivity contribution >= 4 is 56.3 Å². The molecule has 0 saturated carbocycles. The lowest BCUT2D eigenvalue weighted by Gasteiger charge is -2.32. The maximum absolute atomic E-state index is 13.1. The number of anilines is 1. The number of sulfonamides is 1. The zero-order valence-corrected chi connectivity index (χ0v) is 21.8. The van der Waals surface area contributed by atoms with Crippen LogP contribution in [0.4, 0.5) is 5.82 Å². The number of nitrogens with zero attached hydrogens (tertiary/aromatic N) is 4. The van der Waals surface area contributed by atoms with Crippen LogP contribution in [0.25, 0.3) is 16.9 Å². The molecule has 1 aliphatic heterocycles. The third-order valence-corrected chi connectivity index (χ3v) is 9.10. The van der Waals surface area contributed by atoms with E-state index in [4.69, 9.17) is 39.8 Å². The zero-order chi connectivity index (χ0) is 24.7. The molecule has 0 radical (unpaired) electrons. The number of aromatic nitrogens is 3. The highest BCUT2D eigenvalue weighted by molar-refractivity contribution is 7.89. The van der Waals surface area contributed by atoms with E-state index in [9.17, 15) is 8.42 Å². The normalized spacial score (nSPS) is 15.5. The Morgan fingerprint density at radius 2 is 1.71 bits per heavy atom. The number of benzene rings is 2. The fraction of sp³-hybridized carbons (Fsp3) is 0.250. The predicted molar refractivity (Wildman–Crippen MR) is 140 cm³/mol. The molecule has 0 unspecified atom stereocenters. The number of aryl methyl sites for hydroxylation is 1. The second kappa shape index (κ2) is 9.59. The summed E-state index contributed by atoms with van der Waals surface area (Å²) in [4.78, 5) is 4.92. The molecule has 0 aliphatic carbocycles. The topological polar surface area (TPSA) is 79.6 Å². The maximum Gasteiger partial charge on any atom is 0.243 e. The SMILES string of the molecule is Cc1cnn2c(NC3CCN(S(=O)(=O)c4ccc(Cl)c(Cl)c4)CC3)cc(-c3ccccc3Cl)nc12. The minimum absolute atomic E-state index is 0.0597. The average Bonchev–Trinajstić information content (AvgIpc) is 3.22. The molecule has 1 aliphatic rings. The first kappa shape index (κ1) is 24.3. The fourth-order valence-electron chi connectivity index (χ4n) is 4.22. The van der Waals surface area contributed by atoms with Crippen LogP contribution in [0, 0.1) is 6.92 Å². The van der Waals surface area contributed by atoms with Crippen molar-refractivity contribution in [2.24, 2.45) is 0 Å². The van der Waals surface area contributed by atoms with Crippen LogP contribution in [0.1, 0.15) is 18.4 Å². The summed E-state index contributed by atoms with van der Waals surface area (Å²) in [7, 11) is -3.66. The molecule has 0 atom stereocenters. The quantitative estimate of drug-likeness (QED) is 0.333. The summed E-state index contributed by atoms with van der Waals surface area (Å²) in [6.45, 7) is 2.72. The van der Waals surface area contributed by atoms with E-state index in [-0.39, 0.29) is 16.0 Å². The van der Waals surface area contributed by atoms with E-state index in [1.807, 2.05) is 37.3 Å². The molecule has 0 bridgehead atoms. The third-order valence-electron chi connectivity index (χ3n) is 6.13. The molecule has 3 heterocycles. The maximum atomic E-state index is 13.1. The molecule has 1 N–H and O–H groups in total. The van der Waals surface area contributed by atoms with Crippen LogP contribution in [0.2, 0.25) is 15.1 Å². The van der Waals surface area contributed by atoms with Gasteiger partial charge in [-0.15, -0.1) is 0 Å². The Morgan fingerprint density at radius 1 is 0.971 bits per heavy atom. The predicted octanol–water partition coefficient (Wildman–Crippen LogP) is 5.93. The highest BCUT2D eigenvalue weighted by Gasteiger charge is 2.30. The Hall–Kier alpha value is -2.36. The van der Waals surface area contributed by atoms with Crippen LogP contribution in [-0.4, -0.2) is 46.5 Å². The average molecular weight is 551 g/mol. The van der Waals surface area contributed by atoms with Gasteiger partial charge >= 0.3 is 0 Å². The van der Waals surface area contributed by atoms with Crippen molar-refractivity contribution in [3.63, 3.8) is 0 Å². The van der Waals surface area contributed by atoms with Gasteiger partial charge in [0, 0.05) is 41.3 Å². The molecule has 7 nitrogen and oxygen atoms in total. The van der Waals surface area contributed by atoms with Gasteiger partial charge in [-0.05, 0) is 44.0 Å². The Labute approximate surface area is 218 Å². The Balaban J connectivity index is 1.37. The number of rotatable bonds is 5. The van der Waals surface area contributed by atoms with E-state index in [2.05, 4.69) is 10.4 Å². The summed E-state index contributed by atoms with van der Waals surface area (Å²) in [5, 5.41) is 9.19. The van der Waals surface area contributed by atoms with Gasteiger partial charge in [0.25, 0.3) is 0 Å². The summed E-state index contributed by atoms with van der Waals surface area (Å²) in [5.74, 6) is 0.781. The van der Waals surface area contributed by atoms with E-state index in [0.717, 1.165) is 28.3 Å². The van der Waals surface area contributed by atoms with Crippen molar-refractivity contribution in [1.82, 2.24) is 18.9 Å². The Bertz CT molecular complexity index is 1520. The highest BCUT2D eigenvalue weighted by atomic mass is 35.5. The van der Waals surface area contributed by atoms with E-state index < -0.39 is 10.0 Å². The van der Waals surface area contributed by atoms with Gasteiger partial charge in [0.05, 0.1) is 26.8 Å². The minimum atomic E-state index is -3.66. The van der Waals surface area contributed by atoms with Crippen molar-refractivity contribution in [2.75, 3.05) is 18.4 Å². The van der Waals surface area contributed by atoms with E-state index in [0.29, 0.717) is 36.0 Å². The lowest BCUT2D eigenvalue weighted by Crippen LogP contribution is -2.42. The smallest absolute Gasteiger partial charge is 0.243 e. The van der Waals surface area contributed by atoms with Crippen molar-refractivity contribution in [2.45, 2.75) is 30.7 Å². The lowest BCUT2D eigenvalue weighted by atomic mass is 10.1. The molecule has 1 saturated heterocycles. The summed E-state index contributed by atoms with van der Waals surface area (Å²) in [5.41, 5.74) is 3.27. The van der Waals surface area contributed by atoms with Crippen LogP contribution in [0.15, 0.2) is 59.6 Å². The van der Waals surface area contributed by atoms with Crippen molar-refractivity contribution < 1.29 is 8.42 Å². The molecule has 182 valence electrons. The lowest BCUT2D eigenvalue weighted by molar-refractivity contribution is 0.329. The number of halogens is 3. The molecule has 0 amide bonds. The van der Waals surface area contributed by atoms with Crippen LogP contribution in [0.3, 0.4) is 0 Å². The van der Waals surface area contributed by atoms with E-state index in [1.54, 1.807) is 10.7 Å². The van der Waals surface area contributed by atoms with Gasteiger partial charge in [-0.1, -0.05) is 53.0 Å². The van der Waals surface area contributed by atoms with Crippen LogP contribution < -0.4 is 5.32 Å². The summed E-state index contributed by atoms with van der Waals surface area (Å²) in [6.07, 6.45) is 3.04. The van der Waals surface area contributed by atoms with E-state index in [1.165, 1.54) is 22.5 Å². The number of hydrogen-bond acceptors (Lipinski definition) is 5. The van der Waals surface area contributed by atoms with Crippen LogP contribution in [-0.2, 0) is 10.0 Å². The third kappa shape index (κ3) is 4.73. The highest BCUT2D eigenvalue weighted by Crippen LogP contribution is 2.31. The Morgan fingerprint density at radius 3 is 2.43 bits per heavy atom. The molecule has 5 rings (SSSR count). The number of hydrogen-bond donors (Lipinski definition) is 1. The molecule has 2 aromatic heterocycles. The number of nitrogens with one attached hydrogen (secondary N) is 1. The van der Waals surface area contributed by atoms with Crippen molar-refractivity contribution in [3.05, 3.63) is 75.4 Å². The van der Waals surface area contributed by atoms with Crippen molar-refractivity contribution in [1.29, 1.82) is 0 Å². The summed E-state index contributed by atoms with van der Waals surface area (Å²) in [6, 6.07) is 13.9. The van der Waals surface area contributed by atoms with E-state index >= 15 is 0 Å². The molecule has 11 heteroatoms.